The number of fused-ring (bicyclic) bond motifs is 1. The Morgan fingerprint density at radius 2 is 1.93 bits per heavy atom. The summed E-state index contributed by atoms with van der Waals surface area (Å²) >= 11 is 5.19. The Morgan fingerprint density at radius 3 is 2.69 bits per heavy atom. The summed E-state index contributed by atoms with van der Waals surface area (Å²) in [6, 6.07) is 16.5. The molecule has 0 fully saturated rings. The van der Waals surface area contributed by atoms with E-state index in [-0.39, 0.29) is 5.91 Å². The molecule has 2 aromatic carbocycles. The van der Waals surface area contributed by atoms with Gasteiger partial charge in [0.25, 0.3) is 5.91 Å². The third-order valence-electron chi connectivity index (χ3n) is 5.41. The van der Waals surface area contributed by atoms with Crippen LogP contribution in [0.4, 0.5) is 5.69 Å². The van der Waals surface area contributed by atoms with Crippen molar-refractivity contribution in [2.24, 2.45) is 0 Å². The average Bonchev–Trinajstić information content (AvgIpc) is 3.12. The summed E-state index contributed by atoms with van der Waals surface area (Å²) in [5.41, 5.74) is 4.63. The molecule has 0 aliphatic carbocycles. The van der Waals surface area contributed by atoms with Crippen molar-refractivity contribution in [1.29, 1.82) is 0 Å². The number of anilines is 1. The quantitative estimate of drug-likeness (QED) is 0.614. The number of benzene rings is 2. The number of hydrogen-bond donors (Lipinski definition) is 2. The van der Waals surface area contributed by atoms with E-state index in [0.717, 1.165) is 37.6 Å². The van der Waals surface area contributed by atoms with Gasteiger partial charge in [-0.2, -0.15) is 5.10 Å². The van der Waals surface area contributed by atoms with Gasteiger partial charge in [0.05, 0.1) is 0 Å². The highest BCUT2D eigenvalue weighted by Crippen LogP contribution is 2.24. The first-order chi connectivity index (χ1) is 14.2. The molecule has 1 aromatic heterocycles. The Bertz CT molecular complexity index is 1050. The lowest BCUT2D eigenvalue weighted by Crippen LogP contribution is -2.30. The topological polar surface area (TPSA) is 66.0 Å². The minimum atomic E-state index is -0.0716. The van der Waals surface area contributed by atoms with Crippen LogP contribution in [-0.2, 0) is 25.9 Å². The summed E-state index contributed by atoms with van der Waals surface area (Å²) < 4.78 is 2.55. The molecule has 3 aromatic rings. The lowest BCUT2D eigenvalue weighted by molar-refractivity contribution is 0.0954. The number of hydrogen-bond acceptors (Lipinski definition) is 4. The van der Waals surface area contributed by atoms with Crippen molar-refractivity contribution in [2.75, 3.05) is 18.0 Å². The number of aromatic amines is 1. The SMILES string of the molecule is CCn1c(CCNC(=O)c2ccc(N3CCc4ccccc4C3)cc2)n[nH]c1=S. The zero-order chi connectivity index (χ0) is 20.2. The van der Waals surface area contributed by atoms with Crippen LogP contribution in [0.2, 0.25) is 0 Å². The smallest absolute Gasteiger partial charge is 0.251 e. The summed E-state index contributed by atoms with van der Waals surface area (Å²) in [6.07, 6.45) is 1.69. The molecule has 0 atom stereocenters. The minimum absolute atomic E-state index is 0.0716. The van der Waals surface area contributed by atoms with Crippen LogP contribution in [0.25, 0.3) is 0 Å². The molecule has 29 heavy (non-hydrogen) atoms. The first kappa shape index (κ1) is 19.4. The maximum Gasteiger partial charge on any atom is 0.251 e. The number of carbonyl (C=O) groups excluding carboxylic acids is 1. The van der Waals surface area contributed by atoms with Gasteiger partial charge in [0.2, 0.25) is 0 Å². The molecular formula is C22H25N5OS. The molecular weight excluding hydrogens is 382 g/mol. The fourth-order valence-corrected chi connectivity index (χ4v) is 4.08. The van der Waals surface area contributed by atoms with Crippen molar-refractivity contribution in [2.45, 2.75) is 32.9 Å². The van der Waals surface area contributed by atoms with Crippen LogP contribution in [0, 0.1) is 4.77 Å². The number of nitrogens with zero attached hydrogens (tertiary/aromatic N) is 3. The second-order valence-electron chi connectivity index (χ2n) is 7.18. The van der Waals surface area contributed by atoms with E-state index in [2.05, 4.69) is 44.7 Å². The highest BCUT2D eigenvalue weighted by Gasteiger charge is 2.16. The van der Waals surface area contributed by atoms with Crippen molar-refractivity contribution in [3.63, 3.8) is 0 Å². The molecule has 0 saturated carbocycles. The van der Waals surface area contributed by atoms with Crippen LogP contribution < -0.4 is 10.2 Å². The van der Waals surface area contributed by atoms with Gasteiger partial charge in [-0.05, 0) is 61.0 Å². The van der Waals surface area contributed by atoms with Crippen molar-refractivity contribution in [3.8, 4) is 0 Å². The molecule has 2 N–H and O–H groups in total. The van der Waals surface area contributed by atoms with Crippen molar-refractivity contribution < 1.29 is 4.79 Å². The van der Waals surface area contributed by atoms with Gasteiger partial charge in [-0.3, -0.25) is 9.89 Å². The van der Waals surface area contributed by atoms with E-state index in [1.807, 2.05) is 35.8 Å². The zero-order valence-corrected chi connectivity index (χ0v) is 17.3. The van der Waals surface area contributed by atoms with Crippen LogP contribution in [0.5, 0.6) is 0 Å². The third kappa shape index (κ3) is 4.24. The number of carbonyl (C=O) groups is 1. The number of rotatable bonds is 6. The fraction of sp³-hybridized carbons (Fsp3) is 0.318. The van der Waals surface area contributed by atoms with Gasteiger partial charge < -0.3 is 14.8 Å². The molecule has 1 aliphatic heterocycles. The van der Waals surface area contributed by atoms with Gasteiger partial charge in [0.1, 0.15) is 5.82 Å². The normalized spacial score (nSPS) is 13.2. The van der Waals surface area contributed by atoms with Crippen molar-refractivity contribution >= 4 is 23.8 Å². The highest BCUT2D eigenvalue weighted by atomic mass is 32.1. The predicted octanol–water partition coefficient (Wildman–Crippen LogP) is 3.50. The lowest BCUT2D eigenvalue weighted by Gasteiger charge is -2.30. The molecule has 1 aliphatic rings. The molecule has 150 valence electrons. The predicted molar refractivity (Wildman–Crippen MR) is 117 cm³/mol. The Hall–Kier alpha value is -2.93. The van der Waals surface area contributed by atoms with Gasteiger partial charge in [-0.15, -0.1) is 0 Å². The van der Waals surface area contributed by atoms with E-state index in [0.29, 0.717) is 23.3 Å². The van der Waals surface area contributed by atoms with Crippen molar-refractivity contribution in [1.82, 2.24) is 20.1 Å². The van der Waals surface area contributed by atoms with Gasteiger partial charge in [-0.25, -0.2) is 0 Å². The Morgan fingerprint density at radius 1 is 1.17 bits per heavy atom. The minimum Gasteiger partial charge on any atom is -0.367 e. The van der Waals surface area contributed by atoms with E-state index < -0.39 is 0 Å². The standard InChI is InChI=1S/C22H25N5OS/c1-2-27-20(24-25-22(27)29)11-13-23-21(28)17-7-9-19(10-8-17)26-14-12-16-5-3-4-6-18(16)15-26/h3-10H,2,11-15H2,1H3,(H,23,28)(H,25,29). The molecule has 7 heteroatoms. The molecule has 6 nitrogen and oxygen atoms in total. The zero-order valence-electron chi connectivity index (χ0n) is 16.5. The van der Waals surface area contributed by atoms with Gasteiger partial charge in [0.15, 0.2) is 4.77 Å². The number of aromatic nitrogens is 3. The van der Waals surface area contributed by atoms with E-state index >= 15 is 0 Å². The molecule has 4 rings (SSSR count). The van der Waals surface area contributed by atoms with Crippen LogP contribution in [0.15, 0.2) is 48.5 Å². The molecule has 0 unspecified atom stereocenters. The number of amides is 1. The summed E-state index contributed by atoms with van der Waals surface area (Å²) in [6.45, 7) is 5.21. The number of H-pyrrole nitrogens is 1. The van der Waals surface area contributed by atoms with Crippen LogP contribution >= 0.6 is 12.2 Å². The molecule has 0 radical (unpaired) electrons. The van der Waals surface area contributed by atoms with E-state index in [1.165, 1.54) is 11.1 Å². The van der Waals surface area contributed by atoms with Crippen LogP contribution in [0.3, 0.4) is 0 Å². The van der Waals surface area contributed by atoms with Gasteiger partial charge >= 0.3 is 0 Å². The monoisotopic (exact) mass is 407 g/mol. The molecule has 0 spiro atoms. The summed E-state index contributed by atoms with van der Waals surface area (Å²) in [5, 5.41) is 9.99. The first-order valence-corrected chi connectivity index (χ1v) is 10.4. The molecule has 0 saturated heterocycles. The molecule has 1 amide bonds. The van der Waals surface area contributed by atoms with E-state index in [1.54, 1.807) is 0 Å². The highest BCUT2D eigenvalue weighted by molar-refractivity contribution is 7.71. The summed E-state index contributed by atoms with van der Waals surface area (Å²) in [7, 11) is 0. The fourth-order valence-electron chi connectivity index (χ4n) is 3.80. The van der Waals surface area contributed by atoms with Gasteiger partial charge in [-0.1, -0.05) is 24.3 Å². The van der Waals surface area contributed by atoms with Gasteiger partial charge in [0, 0.05) is 43.9 Å². The maximum absolute atomic E-state index is 12.5. The average molecular weight is 408 g/mol. The second kappa shape index (κ2) is 8.61. The molecule has 2 heterocycles. The largest absolute Gasteiger partial charge is 0.367 e. The summed E-state index contributed by atoms with van der Waals surface area (Å²) in [5.74, 6) is 0.788. The maximum atomic E-state index is 12.5. The lowest BCUT2D eigenvalue weighted by atomic mass is 9.99. The number of nitrogens with one attached hydrogen (secondary N) is 2. The Balaban J connectivity index is 1.34. The third-order valence-corrected chi connectivity index (χ3v) is 5.72. The Kier molecular flexibility index (Phi) is 5.76. The summed E-state index contributed by atoms with van der Waals surface area (Å²) in [4.78, 5) is 14.8. The van der Waals surface area contributed by atoms with E-state index in [4.69, 9.17) is 12.2 Å². The second-order valence-corrected chi connectivity index (χ2v) is 7.57. The Labute approximate surface area is 175 Å². The van der Waals surface area contributed by atoms with Crippen molar-refractivity contribution in [3.05, 3.63) is 75.8 Å². The van der Waals surface area contributed by atoms with Crippen LogP contribution in [-0.4, -0.2) is 33.8 Å². The molecule has 0 bridgehead atoms. The van der Waals surface area contributed by atoms with Crippen LogP contribution in [0.1, 0.15) is 34.2 Å². The first-order valence-electron chi connectivity index (χ1n) is 10.00. The van der Waals surface area contributed by atoms with E-state index in [9.17, 15) is 4.79 Å².